The van der Waals surface area contributed by atoms with Crippen LogP contribution in [0.1, 0.15) is 64.7 Å². The number of carboxylic acid groups (broad SMARTS) is 1. The van der Waals surface area contributed by atoms with Crippen molar-refractivity contribution in [2.45, 2.75) is 76.8 Å². The molecule has 2 rings (SSSR count). The molecule has 3 atom stereocenters. The molecule has 2 bridgehead atoms. The third-order valence-electron chi connectivity index (χ3n) is 4.90. The van der Waals surface area contributed by atoms with Gasteiger partial charge in [0.25, 0.3) is 0 Å². The molecule has 0 aromatic rings. The van der Waals surface area contributed by atoms with Gasteiger partial charge in [-0.15, -0.1) is 0 Å². The van der Waals surface area contributed by atoms with Gasteiger partial charge in [-0.2, -0.15) is 0 Å². The first-order valence-corrected chi connectivity index (χ1v) is 8.44. The summed E-state index contributed by atoms with van der Waals surface area (Å²) in [4.78, 5) is 25.2. The van der Waals surface area contributed by atoms with Crippen molar-refractivity contribution < 1.29 is 14.7 Å². The summed E-state index contributed by atoms with van der Waals surface area (Å²) >= 11 is 0. The zero-order chi connectivity index (χ0) is 15.2. The number of nitrogens with one attached hydrogen (secondary N) is 1. The van der Waals surface area contributed by atoms with Crippen LogP contribution in [0.3, 0.4) is 0 Å². The average molecular weight is 296 g/mol. The molecule has 0 saturated carbocycles. The van der Waals surface area contributed by atoms with Crippen LogP contribution in [0.15, 0.2) is 0 Å². The molecule has 2 heterocycles. The Bertz CT molecular complexity index is 373. The lowest BCUT2D eigenvalue weighted by Gasteiger charge is -2.23. The van der Waals surface area contributed by atoms with Crippen LogP contribution in [0.2, 0.25) is 0 Å². The number of carbonyl (C=O) groups is 2. The maximum Gasteiger partial charge on any atom is 0.317 e. The Morgan fingerprint density at radius 2 is 1.86 bits per heavy atom. The van der Waals surface area contributed by atoms with Crippen molar-refractivity contribution in [3.63, 3.8) is 0 Å². The highest BCUT2D eigenvalue weighted by atomic mass is 16.4. The van der Waals surface area contributed by atoms with Crippen LogP contribution in [0.25, 0.3) is 0 Å². The molecule has 5 nitrogen and oxygen atoms in total. The zero-order valence-corrected chi connectivity index (χ0v) is 13.0. The first kappa shape index (κ1) is 16.1. The smallest absolute Gasteiger partial charge is 0.317 e. The van der Waals surface area contributed by atoms with Crippen molar-refractivity contribution in [3.05, 3.63) is 0 Å². The van der Waals surface area contributed by atoms with Gasteiger partial charge in [-0.25, -0.2) is 4.79 Å². The lowest BCUT2D eigenvalue weighted by Crippen LogP contribution is -2.44. The molecule has 0 aromatic heterocycles. The molecule has 3 unspecified atom stereocenters. The Balaban J connectivity index is 1.66. The molecular formula is C16H28N2O3. The minimum Gasteiger partial charge on any atom is -0.481 e. The number of fused-ring (bicyclic) bond motifs is 2. The predicted octanol–water partition coefficient (Wildman–Crippen LogP) is 2.99. The minimum absolute atomic E-state index is 0.0557. The molecule has 21 heavy (non-hydrogen) atoms. The summed E-state index contributed by atoms with van der Waals surface area (Å²) in [6.45, 7) is 2.91. The summed E-state index contributed by atoms with van der Waals surface area (Å²) in [6.07, 6.45) is 9.65. The van der Waals surface area contributed by atoms with Gasteiger partial charge in [-0.05, 0) is 25.7 Å². The van der Waals surface area contributed by atoms with Gasteiger partial charge < -0.3 is 15.3 Å². The highest BCUT2D eigenvalue weighted by Gasteiger charge is 2.51. The molecule has 2 aliphatic heterocycles. The van der Waals surface area contributed by atoms with Crippen molar-refractivity contribution in [1.82, 2.24) is 10.2 Å². The summed E-state index contributed by atoms with van der Waals surface area (Å²) in [6, 6.07) is -0.00230. The van der Waals surface area contributed by atoms with Gasteiger partial charge in [0.1, 0.15) is 0 Å². The van der Waals surface area contributed by atoms with Gasteiger partial charge in [0.05, 0.1) is 5.92 Å². The van der Waals surface area contributed by atoms with Gasteiger partial charge >= 0.3 is 12.0 Å². The SMILES string of the molecule is CCCCCCCCNC(=O)N1C2CCC1C(C(=O)O)C2. The van der Waals surface area contributed by atoms with E-state index in [0.29, 0.717) is 13.0 Å². The second kappa shape index (κ2) is 7.66. The molecule has 2 fully saturated rings. The van der Waals surface area contributed by atoms with Crippen LogP contribution in [0.4, 0.5) is 4.79 Å². The molecule has 0 aliphatic carbocycles. The lowest BCUT2D eigenvalue weighted by atomic mass is 9.89. The number of unbranched alkanes of at least 4 members (excludes halogenated alkanes) is 5. The number of nitrogens with zero attached hydrogens (tertiary/aromatic N) is 1. The summed E-state index contributed by atoms with van der Waals surface area (Å²) in [7, 11) is 0. The van der Waals surface area contributed by atoms with Gasteiger partial charge in [0.2, 0.25) is 0 Å². The van der Waals surface area contributed by atoms with Crippen molar-refractivity contribution in [2.24, 2.45) is 5.92 Å². The Morgan fingerprint density at radius 1 is 1.14 bits per heavy atom. The van der Waals surface area contributed by atoms with Crippen LogP contribution in [-0.4, -0.2) is 40.6 Å². The van der Waals surface area contributed by atoms with Gasteiger partial charge in [-0.1, -0.05) is 39.0 Å². The van der Waals surface area contributed by atoms with Crippen LogP contribution in [0, 0.1) is 5.92 Å². The fraction of sp³-hybridized carbons (Fsp3) is 0.875. The van der Waals surface area contributed by atoms with Crippen molar-refractivity contribution in [1.29, 1.82) is 0 Å². The summed E-state index contributed by atoms with van der Waals surface area (Å²) < 4.78 is 0. The molecule has 2 aliphatic rings. The fourth-order valence-electron chi connectivity index (χ4n) is 3.76. The highest BCUT2D eigenvalue weighted by molar-refractivity contribution is 5.79. The second-order valence-corrected chi connectivity index (χ2v) is 6.39. The number of urea groups is 1. The number of carboxylic acids is 1. The van der Waals surface area contributed by atoms with E-state index in [-0.39, 0.29) is 24.0 Å². The minimum atomic E-state index is -0.754. The Labute approximate surface area is 127 Å². The first-order valence-electron chi connectivity index (χ1n) is 8.44. The van der Waals surface area contributed by atoms with Crippen molar-refractivity contribution in [2.75, 3.05) is 6.54 Å². The number of rotatable bonds is 8. The molecular weight excluding hydrogens is 268 g/mol. The number of hydrogen-bond donors (Lipinski definition) is 2. The van der Waals surface area contributed by atoms with Crippen LogP contribution < -0.4 is 5.32 Å². The normalized spacial score (nSPS) is 27.1. The maximum absolute atomic E-state index is 12.2. The monoisotopic (exact) mass is 296 g/mol. The maximum atomic E-state index is 12.2. The topological polar surface area (TPSA) is 69.6 Å². The average Bonchev–Trinajstić information content (AvgIpc) is 3.04. The molecule has 2 saturated heterocycles. The standard InChI is InChI=1S/C16H28N2O3/c1-2-3-4-5-6-7-10-17-16(21)18-12-8-9-14(18)13(11-12)15(19)20/h12-14H,2-11H2,1H3,(H,17,21)(H,19,20). The lowest BCUT2D eigenvalue weighted by molar-refractivity contribution is -0.142. The largest absolute Gasteiger partial charge is 0.481 e. The zero-order valence-electron chi connectivity index (χ0n) is 13.0. The summed E-state index contributed by atoms with van der Waals surface area (Å²) in [5.41, 5.74) is 0. The van der Waals surface area contributed by atoms with E-state index in [2.05, 4.69) is 12.2 Å². The molecule has 2 N–H and O–H groups in total. The van der Waals surface area contributed by atoms with Crippen molar-refractivity contribution in [3.8, 4) is 0 Å². The Morgan fingerprint density at radius 3 is 2.52 bits per heavy atom. The van der Waals surface area contributed by atoms with Crippen LogP contribution >= 0.6 is 0 Å². The van der Waals surface area contributed by atoms with E-state index in [1.165, 1.54) is 25.7 Å². The number of carbonyl (C=O) groups excluding carboxylic acids is 1. The van der Waals surface area contributed by atoms with Crippen LogP contribution in [-0.2, 0) is 4.79 Å². The van der Waals surface area contributed by atoms with E-state index in [4.69, 9.17) is 0 Å². The fourth-order valence-corrected chi connectivity index (χ4v) is 3.76. The van der Waals surface area contributed by atoms with Gasteiger partial charge in [0.15, 0.2) is 0 Å². The predicted molar refractivity (Wildman–Crippen MR) is 81.2 cm³/mol. The van der Waals surface area contributed by atoms with Gasteiger partial charge in [0, 0.05) is 18.6 Å². The molecule has 5 heteroatoms. The van der Waals surface area contributed by atoms with E-state index in [9.17, 15) is 14.7 Å². The molecule has 2 amide bonds. The summed E-state index contributed by atoms with van der Waals surface area (Å²) in [5.74, 6) is -1.11. The van der Waals surface area contributed by atoms with Crippen LogP contribution in [0.5, 0.6) is 0 Å². The number of amides is 2. The molecule has 0 spiro atoms. The number of aliphatic carboxylic acids is 1. The third kappa shape index (κ3) is 3.89. The first-order chi connectivity index (χ1) is 10.1. The van der Waals surface area contributed by atoms with E-state index in [1.54, 1.807) is 4.90 Å². The van der Waals surface area contributed by atoms with E-state index < -0.39 is 5.97 Å². The van der Waals surface area contributed by atoms with E-state index in [1.807, 2.05) is 0 Å². The quantitative estimate of drug-likeness (QED) is 0.676. The van der Waals surface area contributed by atoms with E-state index in [0.717, 1.165) is 25.7 Å². The van der Waals surface area contributed by atoms with Gasteiger partial charge in [-0.3, -0.25) is 4.79 Å². The number of hydrogen-bond acceptors (Lipinski definition) is 2. The second-order valence-electron chi connectivity index (χ2n) is 6.39. The molecule has 120 valence electrons. The van der Waals surface area contributed by atoms with Crippen molar-refractivity contribution >= 4 is 12.0 Å². The Kier molecular flexibility index (Phi) is 5.88. The Hall–Kier alpha value is -1.26. The molecule has 0 aromatic carbocycles. The highest BCUT2D eigenvalue weighted by Crippen LogP contribution is 2.41. The van der Waals surface area contributed by atoms with E-state index >= 15 is 0 Å². The molecule has 0 radical (unpaired) electrons. The third-order valence-corrected chi connectivity index (χ3v) is 4.90. The summed E-state index contributed by atoms with van der Waals surface area (Å²) in [5, 5.41) is 12.2.